The van der Waals surface area contributed by atoms with Gasteiger partial charge in [0.2, 0.25) is 5.96 Å². The Morgan fingerprint density at radius 1 is 1.11 bits per heavy atom. The van der Waals surface area contributed by atoms with Crippen molar-refractivity contribution in [1.29, 1.82) is 0 Å². The molecule has 0 saturated heterocycles. The topological polar surface area (TPSA) is 121 Å². The molecule has 0 unspecified atom stereocenters. The Morgan fingerprint density at radius 3 is 2.28 bits per heavy atom. The van der Waals surface area contributed by atoms with Crippen molar-refractivity contribution >= 4 is 30.0 Å². The zero-order valence-corrected chi connectivity index (χ0v) is 10.9. The summed E-state index contributed by atoms with van der Waals surface area (Å²) in [5, 5.41) is 0. The van der Waals surface area contributed by atoms with E-state index in [9.17, 15) is 0 Å². The number of benzene rings is 1. The Bertz CT molecular complexity index is 458. The first-order valence-corrected chi connectivity index (χ1v) is 4.72. The molecule has 0 heterocycles. The third-order valence-electron chi connectivity index (χ3n) is 1.86. The van der Waals surface area contributed by atoms with E-state index in [4.69, 9.17) is 26.7 Å². The van der Waals surface area contributed by atoms with Crippen LogP contribution in [0.2, 0.25) is 0 Å². The maximum atomic E-state index is 5.53. The van der Waals surface area contributed by atoms with Crippen molar-refractivity contribution in [1.82, 2.24) is 0 Å². The largest absolute Gasteiger partial charge is 0.497 e. The van der Waals surface area contributed by atoms with Crippen LogP contribution < -0.4 is 26.7 Å². The van der Waals surface area contributed by atoms with Crippen LogP contribution in [0.4, 0.5) is 5.69 Å². The van der Waals surface area contributed by atoms with Gasteiger partial charge in [-0.3, -0.25) is 0 Å². The monoisotopic (exact) mass is 273 g/mol. The lowest BCUT2D eigenvalue weighted by molar-refractivity contribution is 0.404. The maximum Gasteiger partial charge on any atom is 0.223 e. The predicted octanol–water partition coefficient (Wildman–Crippen LogP) is 0.345. The molecule has 0 aromatic heterocycles. The molecule has 0 aliphatic carbocycles. The highest BCUT2D eigenvalue weighted by Gasteiger charge is 2.04. The van der Waals surface area contributed by atoms with E-state index in [0.717, 1.165) is 0 Å². The second-order valence-corrected chi connectivity index (χ2v) is 3.04. The lowest BCUT2D eigenvalue weighted by atomic mass is 10.3. The molecule has 1 aromatic rings. The molecule has 0 bridgehead atoms. The third-order valence-corrected chi connectivity index (χ3v) is 1.86. The molecule has 7 nitrogen and oxygen atoms in total. The van der Waals surface area contributed by atoms with Crippen LogP contribution in [0.1, 0.15) is 0 Å². The fraction of sp³-hybridized carbons (Fsp3) is 0.200. The maximum absolute atomic E-state index is 5.53. The quantitative estimate of drug-likeness (QED) is 0.542. The van der Waals surface area contributed by atoms with Crippen LogP contribution in [0.5, 0.6) is 11.5 Å². The van der Waals surface area contributed by atoms with E-state index in [2.05, 4.69) is 9.98 Å². The van der Waals surface area contributed by atoms with E-state index >= 15 is 0 Å². The molecule has 0 fully saturated rings. The summed E-state index contributed by atoms with van der Waals surface area (Å²) in [6, 6.07) is 5.11. The summed E-state index contributed by atoms with van der Waals surface area (Å²) in [6.45, 7) is 0. The van der Waals surface area contributed by atoms with Crippen LogP contribution in [0.3, 0.4) is 0 Å². The van der Waals surface area contributed by atoms with Gasteiger partial charge in [0.05, 0.1) is 14.2 Å². The number of hydrogen-bond donors (Lipinski definition) is 3. The number of aliphatic imine (C=N–C) groups is 2. The van der Waals surface area contributed by atoms with E-state index in [1.165, 1.54) is 7.11 Å². The van der Waals surface area contributed by atoms with Gasteiger partial charge in [0.15, 0.2) is 5.96 Å². The molecular weight excluding hydrogens is 258 g/mol. The second-order valence-electron chi connectivity index (χ2n) is 3.04. The molecule has 8 heteroatoms. The number of guanidine groups is 2. The van der Waals surface area contributed by atoms with Gasteiger partial charge in [0.25, 0.3) is 0 Å². The molecule has 6 N–H and O–H groups in total. The highest BCUT2D eigenvalue weighted by atomic mass is 35.5. The molecule has 18 heavy (non-hydrogen) atoms. The van der Waals surface area contributed by atoms with E-state index < -0.39 is 0 Å². The number of ether oxygens (including phenoxy) is 2. The summed E-state index contributed by atoms with van der Waals surface area (Å²) in [7, 11) is 3.08. The first-order valence-electron chi connectivity index (χ1n) is 4.72. The first kappa shape index (κ1) is 15.9. The van der Waals surface area contributed by atoms with Gasteiger partial charge in [0, 0.05) is 6.07 Å². The average Bonchev–Trinajstić information content (AvgIpc) is 2.27. The van der Waals surface area contributed by atoms with E-state index in [1.54, 1.807) is 25.3 Å². The van der Waals surface area contributed by atoms with Gasteiger partial charge in [-0.15, -0.1) is 12.4 Å². The summed E-state index contributed by atoms with van der Waals surface area (Å²) in [6.07, 6.45) is 0. The number of methoxy groups -OCH3 is 2. The smallest absolute Gasteiger partial charge is 0.223 e. The van der Waals surface area contributed by atoms with Crippen molar-refractivity contribution in [2.45, 2.75) is 0 Å². The van der Waals surface area contributed by atoms with Crippen LogP contribution in [0, 0.1) is 0 Å². The molecule has 0 aliphatic heterocycles. The van der Waals surface area contributed by atoms with Gasteiger partial charge in [-0.05, 0) is 12.1 Å². The van der Waals surface area contributed by atoms with Crippen molar-refractivity contribution in [2.75, 3.05) is 14.2 Å². The molecule has 1 aromatic carbocycles. The molecule has 0 radical (unpaired) electrons. The minimum absolute atomic E-state index is 0. The minimum atomic E-state index is -0.159. The van der Waals surface area contributed by atoms with Gasteiger partial charge < -0.3 is 26.7 Å². The standard InChI is InChI=1S/C10H15N5O2.ClH/c1-16-6-3-4-8(17-2)7(5-6)14-10(13)15-9(11)12;/h3-5H,1-2H3,(H6,11,12,13,14,15);1H. The minimum Gasteiger partial charge on any atom is -0.497 e. The number of rotatable bonds is 3. The fourth-order valence-corrected chi connectivity index (χ4v) is 1.16. The molecule has 0 aliphatic rings. The number of hydrogen-bond acceptors (Lipinski definition) is 3. The lowest BCUT2D eigenvalue weighted by Gasteiger charge is -2.06. The van der Waals surface area contributed by atoms with Crippen LogP contribution in [0.15, 0.2) is 28.2 Å². The SMILES string of the molecule is COc1ccc(OC)c(N=C(N)N=C(N)N)c1.Cl. The van der Waals surface area contributed by atoms with Crippen molar-refractivity contribution < 1.29 is 9.47 Å². The molecule has 0 saturated carbocycles. The highest BCUT2D eigenvalue weighted by molar-refractivity contribution is 5.93. The molecular formula is C10H16ClN5O2. The Kier molecular flexibility index (Phi) is 6.37. The zero-order chi connectivity index (χ0) is 12.8. The number of halogens is 1. The summed E-state index contributed by atoms with van der Waals surface area (Å²) in [5.74, 6) is 0.950. The second kappa shape index (κ2) is 7.23. The van der Waals surface area contributed by atoms with Gasteiger partial charge >= 0.3 is 0 Å². The molecule has 0 amide bonds. The number of nitrogens with zero attached hydrogens (tertiary/aromatic N) is 2. The third kappa shape index (κ3) is 4.38. The Balaban J connectivity index is 0.00000289. The van der Waals surface area contributed by atoms with Gasteiger partial charge in [0.1, 0.15) is 17.2 Å². The van der Waals surface area contributed by atoms with Crippen LogP contribution in [-0.4, -0.2) is 26.1 Å². The Labute approximate surface area is 111 Å². The molecule has 0 spiro atoms. The zero-order valence-electron chi connectivity index (χ0n) is 10.1. The van der Waals surface area contributed by atoms with Gasteiger partial charge in [-0.1, -0.05) is 0 Å². The Morgan fingerprint density at radius 2 is 1.78 bits per heavy atom. The van der Waals surface area contributed by atoms with Crippen molar-refractivity contribution in [3.63, 3.8) is 0 Å². The molecule has 1 rings (SSSR count). The normalized spacial score (nSPS) is 10.2. The van der Waals surface area contributed by atoms with E-state index in [1.807, 2.05) is 0 Å². The first-order chi connectivity index (χ1) is 8.06. The lowest BCUT2D eigenvalue weighted by Crippen LogP contribution is -2.26. The van der Waals surface area contributed by atoms with Crippen LogP contribution in [0.25, 0.3) is 0 Å². The van der Waals surface area contributed by atoms with Crippen molar-refractivity contribution in [3.05, 3.63) is 18.2 Å². The summed E-state index contributed by atoms with van der Waals surface area (Å²) >= 11 is 0. The van der Waals surface area contributed by atoms with E-state index in [0.29, 0.717) is 17.2 Å². The van der Waals surface area contributed by atoms with Crippen LogP contribution >= 0.6 is 12.4 Å². The highest BCUT2D eigenvalue weighted by Crippen LogP contribution is 2.31. The summed E-state index contributed by atoms with van der Waals surface area (Å²) < 4.78 is 10.2. The Hall–Kier alpha value is -2.15. The van der Waals surface area contributed by atoms with Gasteiger partial charge in [-0.25, -0.2) is 4.99 Å². The summed E-state index contributed by atoms with van der Waals surface area (Å²) in [4.78, 5) is 7.63. The average molecular weight is 274 g/mol. The van der Waals surface area contributed by atoms with E-state index in [-0.39, 0.29) is 24.3 Å². The fourth-order valence-electron chi connectivity index (χ4n) is 1.16. The van der Waals surface area contributed by atoms with Gasteiger partial charge in [-0.2, -0.15) is 4.99 Å². The van der Waals surface area contributed by atoms with Crippen LogP contribution in [-0.2, 0) is 0 Å². The predicted molar refractivity (Wildman–Crippen MR) is 73.9 cm³/mol. The van der Waals surface area contributed by atoms with Crippen molar-refractivity contribution in [3.8, 4) is 11.5 Å². The summed E-state index contributed by atoms with van der Waals surface area (Å²) in [5.41, 5.74) is 16.4. The molecule has 100 valence electrons. The molecule has 0 atom stereocenters. The van der Waals surface area contributed by atoms with Crippen molar-refractivity contribution in [2.24, 2.45) is 27.2 Å². The number of nitrogens with two attached hydrogens (primary N) is 3.